The molecule has 1 aromatic rings. The lowest BCUT2D eigenvalue weighted by Gasteiger charge is -2.32. The van der Waals surface area contributed by atoms with Crippen LogP contribution in [0.4, 0.5) is 0 Å². The van der Waals surface area contributed by atoms with Gasteiger partial charge in [0.25, 0.3) is 0 Å². The third kappa shape index (κ3) is 5.14. The molecule has 5 heteroatoms. The number of esters is 1. The van der Waals surface area contributed by atoms with Crippen LogP contribution in [0.2, 0.25) is 5.02 Å². The lowest BCUT2D eigenvalue weighted by Crippen LogP contribution is -2.33. The molecule has 0 radical (unpaired) electrons. The van der Waals surface area contributed by atoms with Gasteiger partial charge in [0.1, 0.15) is 5.60 Å². The molecule has 1 N–H and O–H groups in total. The van der Waals surface area contributed by atoms with Crippen molar-refractivity contribution in [3.63, 3.8) is 0 Å². The number of hydrogen-bond acceptors (Lipinski definition) is 4. The minimum absolute atomic E-state index is 0.373. The van der Waals surface area contributed by atoms with Crippen LogP contribution < -0.4 is 5.32 Å². The zero-order chi connectivity index (χ0) is 20.4. The standard InChI is InChI=1S/C22H27ClN2O2/c1-13(2)11-18-17(12-24)20(15-7-9-16(23)10-8-15)19(14(3)25-18)21(26)27-22(4,5)6/h7-10,13,20,25H,11H2,1-6H3. The molecule has 144 valence electrons. The zero-order valence-electron chi connectivity index (χ0n) is 16.8. The number of nitriles is 1. The average molecular weight is 387 g/mol. The summed E-state index contributed by atoms with van der Waals surface area (Å²) in [7, 11) is 0. The highest BCUT2D eigenvalue weighted by Crippen LogP contribution is 2.40. The second kappa shape index (κ2) is 8.19. The van der Waals surface area contributed by atoms with Gasteiger partial charge in [-0.1, -0.05) is 37.6 Å². The summed E-state index contributed by atoms with van der Waals surface area (Å²) in [5.74, 6) is -0.515. The van der Waals surface area contributed by atoms with Gasteiger partial charge in [-0.25, -0.2) is 4.79 Å². The number of allylic oxidation sites excluding steroid dienone is 3. The fraction of sp³-hybridized carbons (Fsp3) is 0.455. The second-order valence-electron chi connectivity index (χ2n) is 8.25. The van der Waals surface area contributed by atoms with E-state index in [1.165, 1.54) is 0 Å². The average Bonchev–Trinajstić information content (AvgIpc) is 2.52. The van der Waals surface area contributed by atoms with E-state index in [2.05, 4.69) is 25.2 Å². The summed E-state index contributed by atoms with van der Waals surface area (Å²) in [4.78, 5) is 13.0. The summed E-state index contributed by atoms with van der Waals surface area (Å²) in [6.45, 7) is 11.6. The number of nitrogens with zero attached hydrogens (tertiary/aromatic N) is 1. The molecule has 0 saturated carbocycles. The third-order valence-electron chi connectivity index (χ3n) is 4.20. The predicted octanol–water partition coefficient (Wildman–Crippen LogP) is 5.47. The first-order valence-corrected chi connectivity index (χ1v) is 9.51. The maximum Gasteiger partial charge on any atom is 0.337 e. The van der Waals surface area contributed by atoms with Crippen molar-refractivity contribution in [1.29, 1.82) is 5.26 Å². The summed E-state index contributed by atoms with van der Waals surface area (Å²) >= 11 is 6.04. The highest BCUT2D eigenvalue weighted by Gasteiger charge is 2.36. The minimum atomic E-state index is -0.621. The molecule has 1 unspecified atom stereocenters. The third-order valence-corrected chi connectivity index (χ3v) is 4.45. The number of carbonyl (C=O) groups is 1. The number of halogens is 1. The van der Waals surface area contributed by atoms with Crippen LogP contribution in [0, 0.1) is 17.2 Å². The van der Waals surface area contributed by atoms with Gasteiger partial charge in [-0.3, -0.25) is 0 Å². The Morgan fingerprint density at radius 2 is 1.89 bits per heavy atom. The van der Waals surface area contributed by atoms with Gasteiger partial charge in [-0.2, -0.15) is 5.26 Å². The minimum Gasteiger partial charge on any atom is -0.457 e. The molecule has 1 atom stereocenters. The van der Waals surface area contributed by atoms with Gasteiger partial charge >= 0.3 is 5.97 Å². The highest BCUT2D eigenvalue weighted by atomic mass is 35.5. The lowest BCUT2D eigenvalue weighted by molar-refractivity contribution is -0.150. The van der Waals surface area contributed by atoms with Gasteiger partial charge in [0.15, 0.2) is 0 Å². The van der Waals surface area contributed by atoms with Gasteiger partial charge in [-0.05, 0) is 57.7 Å². The molecule has 0 fully saturated rings. The molecule has 27 heavy (non-hydrogen) atoms. The Kier molecular flexibility index (Phi) is 6.38. The van der Waals surface area contributed by atoms with E-state index in [1.807, 2.05) is 39.8 Å². The van der Waals surface area contributed by atoms with Crippen molar-refractivity contribution in [3.8, 4) is 6.07 Å². The predicted molar refractivity (Wildman–Crippen MR) is 108 cm³/mol. The van der Waals surface area contributed by atoms with Crippen LogP contribution in [0.1, 0.15) is 59.4 Å². The van der Waals surface area contributed by atoms with Crippen LogP contribution in [0.15, 0.2) is 46.8 Å². The number of dihydropyridines is 1. The van der Waals surface area contributed by atoms with E-state index in [1.54, 1.807) is 12.1 Å². The van der Waals surface area contributed by atoms with Crippen molar-refractivity contribution in [2.45, 2.75) is 59.5 Å². The number of ether oxygens (including phenoxy) is 1. The first-order chi connectivity index (χ1) is 12.5. The molecule has 4 nitrogen and oxygen atoms in total. The summed E-state index contributed by atoms with van der Waals surface area (Å²) < 4.78 is 5.64. The van der Waals surface area contributed by atoms with E-state index in [-0.39, 0.29) is 0 Å². The molecule has 0 bridgehead atoms. The van der Waals surface area contributed by atoms with Crippen LogP contribution in [-0.2, 0) is 9.53 Å². The number of benzene rings is 1. The Hall–Kier alpha value is -2.25. The Morgan fingerprint density at radius 1 is 1.30 bits per heavy atom. The normalized spacial score (nSPS) is 17.7. The number of nitrogens with one attached hydrogen (secondary N) is 1. The summed E-state index contributed by atoms with van der Waals surface area (Å²) in [5, 5.41) is 13.8. The molecule has 1 heterocycles. The van der Waals surface area contributed by atoms with Crippen LogP contribution in [0.25, 0.3) is 0 Å². The molecule has 0 aliphatic carbocycles. The van der Waals surface area contributed by atoms with Crippen LogP contribution >= 0.6 is 11.6 Å². The largest absolute Gasteiger partial charge is 0.457 e. The fourth-order valence-electron chi connectivity index (χ4n) is 3.19. The quantitative estimate of drug-likeness (QED) is 0.697. The van der Waals surface area contributed by atoms with Crippen molar-refractivity contribution < 1.29 is 9.53 Å². The van der Waals surface area contributed by atoms with Crippen molar-refractivity contribution in [3.05, 3.63) is 57.4 Å². The van der Waals surface area contributed by atoms with Gasteiger partial charge in [-0.15, -0.1) is 0 Å². The van der Waals surface area contributed by atoms with E-state index in [9.17, 15) is 10.1 Å². The number of rotatable bonds is 4. The summed E-state index contributed by atoms with van der Waals surface area (Å²) in [6, 6.07) is 9.61. The van der Waals surface area contributed by atoms with Crippen molar-refractivity contribution in [2.75, 3.05) is 0 Å². The molecule has 2 rings (SSSR count). The number of hydrogen-bond donors (Lipinski definition) is 1. The van der Waals surface area contributed by atoms with E-state index >= 15 is 0 Å². The van der Waals surface area contributed by atoms with Gasteiger partial charge in [0.05, 0.1) is 23.1 Å². The van der Waals surface area contributed by atoms with Gasteiger partial charge in [0, 0.05) is 16.4 Å². The molecule has 0 spiro atoms. The molecular weight excluding hydrogens is 360 g/mol. The van der Waals surface area contributed by atoms with E-state index in [4.69, 9.17) is 16.3 Å². The van der Waals surface area contributed by atoms with Crippen molar-refractivity contribution in [1.82, 2.24) is 5.32 Å². The Morgan fingerprint density at radius 3 is 2.37 bits per heavy atom. The van der Waals surface area contributed by atoms with Crippen LogP contribution in [0.5, 0.6) is 0 Å². The van der Waals surface area contributed by atoms with E-state index < -0.39 is 17.5 Å². The monoisotopic (exact) mass is 386 g/mol. The van der Waals surface area contributed by atoms with Gasteiger partial charge < -0.3 is 10.1 Å². The molecule has 1 aliphatic rings. The van der Waals surface area contributed by atoms with Gasteiger partial charge in [0.2, 0.25) is 0 Å². The summed E-state index contributed by atoms with van der Waals surface area (Å²) in [6.07, 6.45) is 0.728. The first kappa shape index (κ1) is 21.1. The number of carbonyl (C=O) groups excluding carboxylic acids is 1. The Bertz CT molecular complexity index is 821. The van der Waals surface area contributed by atoms with E-state index in [0.717, 1.165) is 23.4 Å². The maximum absolute atomic E-state index is 13.0. The van der Waals surface area contributed by atoms with E-state index in [0.29, 0.717) is 22.1 Å². The van der Waals surface area contributed by atoms with Crippen molar-refractivity contribution in [2.24, 2.45) is 5.92 Å². The smallest absolute Gasteiger partial charge is 0.337 e. The fourth-order valence-corrected chi connectivity index (χ4v) is 3.32. The molecule has 1 aromatic carbocycles. The molecular formula is C22H27ClN2O2. The summed E-state index contributed by atoms with van der Waals surface area (Å²) in [5.41, 5.74) is 2.83. The molecule has 0 amide bonds. The SMILES string of the molecule is CC1=C(C(=O)OC(C)(C)C)C(c2ccc(Cl)cc2)C(C#N)=C(CC(C)C)N1. The topological polar surface area (TPSA) is 62.1 Å². The zero-order valence-corrected chi connectivity index (χ0v) is 17.6. The second-order valence-corrected chi connectivity index (χ2v) is 8.69. The van der Waals surface area contributed by atoms with Crippen LogP contribution in [0.3, 0.4) is 0 Å². The first-order valence-electron chi connectivity index (χ1n) is 9.13. The lowest BCUT2D eigenvalue weighted by atomic mass is 9.79. The molecule has 1 aliphatic heterocycles. The van der Waals surface area contributed by atoms with Crippen LogP contribution in [-0.4, -0.2) is 11.6 Å². The Labute approximate surface area is 166 Å². The molecule has 0 aromatic heterocycles. The maximum atomic E-state index is 13.0. The molecule has 0 saturated heterocycles. The highest BCUT2D eigenvalue weighted by molar-refractivity contribution is 6.30. The van der Waals surface area contributed by atoms with Crippen molar-refractivity contribution >= 4 is 17.6 Å². The Balaban J connectivity index is 2.61.